The molecule has 80 valence electrons. The van der Waals surface area contributed by atoms with Crippen molar-refractivity contribution in [1.82, 2.24) is 5.32 Å². The lowest BCUT2D eigenvalue weighted by molar-refractivity contribution is -0.118. The maximum atomic E-state index is 12.0. The van der Waals surface area contributed by atoms with Crippen LogP contribution in [-0.2, 0) is 4.79 Å². The molecule has 0 radical (unpaired) electrons. The Bertz CT molecular complexity index is 350. The van der Waals surface area contributed by atoms with Gasteiger partial charge in [-0.2, -0.15) is 0 Å². The number of hydrogen-bond donors (Lipinski definition) is 1. The molecule has 1 saturated heterocycles. The average molecular weight is 204 g/mol. The van der Waals surface area contributed by atoms with Crippen LogP contribution >= 0.6 is 0 Å². The molecule has 15 heavy (non-hydrogen) atoms. The summed E-state index contributed by atoms with van der Waals surface area (Å²) >= 11 is 0. The van der Waals surface area contributed by atoms with E-state index in [0.29, 0.717) is 0 Å². The summed E-state index contributed by atoms with van der Waals surface area (Å²) in [7, 11) is 1.84. The zero-order valence-electron chi connectivity index (χ0n) is 9.10. The highest BCUT2D eigenvalue weighted by molar-refractivity contribution is 6.00. The first-order valence-electron chi connectivity index (χ1n) is 5.29. The van der Waals surface area contributed by atoms with Gasteiger partial charge in [-0.1, -0.05) is 18.2 Å². The van der Waals surface area contributed by atoms with Crippen LogP contribution in [0.2, 0.25) is 0 Å². The SMILES string of the molecule is CN[C@H]1C[C@H](C)N(c2ccccc2)C1=O. The number of nitrogens with one attached hydrogen (secondary N) is 1. The molecule has 0 unspecified atom stereocenters. The van der Waals surface area contributed by atoms with Crippen LogP contribution in [0.4, 0.5) is 5.69 Å². The summed E-state index contributed by atoms with van der Waals surface area (Å²) in [5.74, 6) is 0.177. The summed E-state index contributed by atoms with van der Waals surface area (Å²) < 4.78 is 0. The van der Waals surface area contributed by atoms with Crippen molar-refractivity contribution >= 4 is 11.6 Å². The number of anilines is 1. The van der Waals surface area contributed by atoms with Crippen molar-refractivity contribution in [1.29, 1.82) is 0 Å². The fourth-order valence-corrected chi connectivity index (χ4v) is 2.14. The van der Waals surface area contributed by atoms with Crippen LogP contribution in [-0.4, -0.2) is 25.0 Å². The lowest BCUT2D eigenvalue weighted by Crippen LogP contribution is -2.37. The molecule has 0 spiro atoms. The van der Waals surface area contributed by atoms with E-state index in [1.165, 1.54) is 0 Å². The Morgan fingerprint density at radius 2 is 2.00 bits per heavy atom. The number of nitrogens with zero attached hydrogens (tertiary/aromatic N) is 1. The minimum atomic E-state index is -0.0276. The van der Waals surface area contributed by atoms with Gasteiger partial charge in [-0.15, -0.1) is 0 Å². The summed E-state index contributed by atoms with van der Waals surface area (Å²) in [6.45, 7) is 2.09. The third-order valence-electron chi connectivity index (χ3n) is 2.94. The first-order chi connectivity index (χ1) is 7.24. The van der Waals surface area contributed by atoms with Gasteiger partial charge >= 0.3 is 0 Å². The average Bonchev–Trinajstić information content (AvgIpc) is 2.55. The van der Waals surface area contributed by atoms with E-state index in [9.17, 15) is 4.79 Å². The molecule has 2 atom stereocenters. The third kappa shape index (κ3) is 1.75. The zero-order valence-corrected chi connectivity index (χ0v) is 9.10. The van der Waals surface area contributed by atoms with Crippen molar-refractivity contribution in [3.63, 3.8) is 0 Å². The van der Waals surface area contributed by atoms with Crippen molar-refractivity contribution in [3.8, 4) is 0 Å². The van der Waals surface area contributed by atoms with E-state index in [-0.39, 0.29) is 18.0 Å². The second-order valence-electron chi connectivity index (χ2n) is 3.97. The molecule has 1 aromatic carbocycles. The number of benzene rings is 1. The molecule has 1 N–H and O–H groups in total. The molecule has 1 fully saturated rings. The van der Waals surface area contributed by atoms with Crippen LogP contribution in [0, 0.1) is 0 Å². The standard InChI is InChI=1S/C12H16N2O/c1-9-8-11(13-2)12(15)14(9)10-6-4-3-5-7-10/h3-7,9,11,13H,8H2,1-2H3/t9-,11-/m0/s1. The number of para-hydroxylation sites is 1. The van der Waals surface area contributed by atoms with Crippen LogP contribution in [0.15, 0.2) is 30.3 Å². The van der Waals surface area contributed by atoms with Crippen molar-refractivity contribution in [2.24, 2.45) is 0 Å². The molecule has 1 aliphatic rings. The lowest BCUT2D eigenvalue weighted by atomic mass is 10.2. The van der Waals surface area contributed by atoms with Crippen molar-refractivity contribution < 1.29 is 4.79 Å². The summed E-state index contributed by atoms with van der Waals surface area (Å²) in [5, 5.41) is 3.05. The molecular weight excluding hydrogens is 188 g/mol. The minimum absolute atomic E-state index is 0.0276. The smallest absolute Gasteiger partial charge is 0.244 e. The van der Waals surface area contributed by atoms with Gasteiger partial charge in [0.15, 0.2) is 0 Å². The van der Waals surface area contributed by atoms with E-state index in [1.807, 2.05) is 42.3 Å². The summed E-state index contributed by atoms with van der Waals surface area (Å²) in [5.41, 5.74) is 0.993. The molecule has 0 aliphatic carbocycles. The highest BCUT2D eigenvalue weighted by Gasteiger charge is 2.36. The normalized spacial score (nSPS) is 26.0. The Balaban J connectivity index is 2.27. The van der Waals surface area contributed by atoms with Crippen LogP contribution in [0.1, 0.15) is 13.3 Å². The molecule has 3 nitrogen and oxygen atoms in total. The molecule has 1 amide bonds. The number of likely N-dealkylation sites (N-methyl/N-ethyl adjacent to an activating group) is 1. The Morgan fingerprint density at radius 1 is 1.33 bits per heavy atom. The predicted molar refractivity (Wildman–Crippen MR) is 60.9 cm³/mol. The molecule has 0 saturated carbocycles. The molecule has 3 heteroatoms. The van der Waals surface area contributed by atoms with E-state index in [0.717, 1.165) is 12.1 Å². The fraction of sp³-hybridized carbons (Fsp3) is 0.417. The van der Waals surface area contributed by atoms with Gasteiger partial charge in [0.25, 0.3) is 0 Å². The highest BCUT2D eigenvalue weighted by Crippen LogP contribution is 2.25. The van der Waals surface area contributed by atoms with E-state index < -0.39 is 0 Å². The number of carbonyl (C=O) groups excluding carboxylic acids is 1. The zero-order chi connectivity index (χ0) is 10.8. The highest BCUT2D eigenvalue weighted by atomic mass is 16.2. The van der Waals surface area contributed by atoms with Crippen molar-refractivity contribution in [2.75, 3.05) is 11.9 Å². The number of hydrogen-bond acceptors (Lipinski definition) is 2. The third-order valence-corrected chi connectivity index (χ3v) is 2.94. The molecule has 1 aromatic rings. The minimum Gasteiger partial charge on any atom is -0.309 e. The van der Waals surface area contributed by atoms with Gasteiger partial charge in [-0.25, -0.2) is 0 Å². The van der Waals surface area contributed by atoms with Crippen molar-refractivity contribution in [3.05, 3.63) is 30.3 Å². The first kappa shape index (κ1) is 10.2. The molecule has 2 rings (SSSR count). The lowest BCUT2D eigenvalue weighted by Gasteiger charge is -2.21. The van der Waals surface area contributed by atoms with E-state index >= 15 is 0 Å². The Kier molecular flexibility index (Phi) is 2.73. The van der Waals surface area contributed by atoms with Gasteiger partial charge in [0.1, 0.15) is 0 Å². The molecule has 1 aliphatic heterocycles. The van der Waals surface area contributed by atoms with E-state index in [1.54, 1.807) is 0 Å². The van der Waals surface area contributed by atoms with Crippen molar-refractivity contribution in [2.45, 2.75) is 25.4 Å². The van der Waals surface area contributed by atoms with Crippen LogP contribution in [0.5, 0.6) is 0 Å². The summed E-state index contributed by atoms with van der Waals surface area (Å²) in [4.78, 5) is 13.9. The van der Waals surface area contributed by atoms with Crippen LogP contribution in [0.25, 0.3) is 0 Å². The molecule has 1 heterocycles. The van der Waals surface area contributed by atoms with Gasteiger partial charge < -0.3 is 10.2 Å². The Morgan fingerprint density at radius 3 is 2.53 bits per heavy atom. The maximum Gasteiger partial charge on any atom is 0.244 e. The number of rotatable bonds is 2. The van der Waals surface area contributed by atoms with E-state index in [4.69, 9.17) is 0 Å². The maximum absolute atomic E-state index is 12.0. The monoisotopic (exact) mass is 204 g/mol. The van der Waals surface area contributed by atoms with Gasteiger partial charge in [0.2, 0.25) is 5.91 Å². The van der Waals surface area contributed by atoms with Gasteiger partial charge in [-0.05, 0) is 32.5 Å². The van der Waals surface area contributed by atoms with E-state index in [2.05, 4.69) is 12.2 Å². The quantitative estimate of drug-likeness (QED) is 0.789. The van der Waals surface area contributed by atoms with Crippen LogP contribution < -0.4 is 10.2 Å². The first-order valence-corrected chi connectivity index (χ1v) is 5.29. The Labute approximate surface area is 90.1 Å². The molecule has 0 aromatic heterocycles. The number of carbonyl (C=O) groups is 1. The summed E-state index contributed by atoms with van der Waals surface area (Å²) in [6, 6.07) is 10.1. The largest absolute Gasteiger partial charge is 0.309 e. The predicted octanol–water partition coefficient (Wildman–Crippen LogP) is 1.40. The van der Waals surface area contributed by atoms with Crippen LogP contribution in [0.3, 0.4) is 0 Å². The number of amides is 1. The fourth-order valence-electron chi connectivity index (χ4n) is 2.14. The molecular formula is C12H16N2O. The van der Waals surface area contributed by atoms with Gasteiger partial charge in [0.05, 0.1) is 6.04 Å². The molecule has 0 bridgehead atoms. The second-order valence-corrected chi connectivity index (χ2v) is 3.97. The topological polar surface area (TPSA) is 32.3 Å². The second kappa shape index (κ2) is 4.03. The summed E-state index contributed by atoms with van der Waals surface area (Å²) in [6.07, 6.45) is 0.879. The van der Waals surface area contributed by atoms with Gasteiger partial charge in [0, 0.05) is 11.7 Å². The Hall–Kier alpha value is -1.35. The van der Waals surface area contributed by atoms with Gasteiger partial charge in [-0.3, -0.25) is 4.79 Å².